The molecular weight excluding hydrogens is 430 g/mol. The van der Waals surface area contributed by atoms with Crippen molar-refractivity contribution in [2.45, 2.75) is 24.2 Å². The minimum Gasteiger partial charge on any atom is -0.334 e. The molecule has 3 aromatic rings. The third-order valence-electron chi connectivity index (χ3n) is 4.60. The molecule has 0 unspecified atom stereocenters. The van der Waals surface area contributed by atoms with Crippen LogP contribution < -0.4 is 0 Å². The summed E-state index contributed by atoms with van der Waals surface area (Å²) in [5, 5.41) is 4.02. The molecule has 2 heterocycles. The van der Waals surface area contributed by atoms with Gasteiger partial charge in [0, 0.05) is 23.1 Å². The summed E-state index contributed by atoms with van der Waals surface area (Å²) in [5.41, 5.74) is 1.51. The first-order valence-corrected chi connectivity index (χ1v) is 11.0. The van der Waals surface area contributed by atoms with Gasteiger partial charge in [-0.1, -0.05) is 23.7 Å². The molecule has 0 spiro atoms. The van der Waals surface area contributed by atoms with Crippen LogP contribution in [0.5, 0.6) is 0 Å². The lowest BCUT2D eigenvalue weighted by Crippen LogP contribution is -2.35. The highest BCUT2D eigenvalue weighted by Crippen LogP contribution is 2.29. The second-order valence-electron chi connectivity index (χ2n) is 6.39. The van der Waals surface area contributed by atoms with Crippen LogP contribution in [0, 0.1) is 0 Å². The zero-order valence-corrected chi connectivity index (χ0v) is 16.9. The number of nitrogens with zero attached hydrogens (tertiary/aromatic N) is 3. The Labute approximate surface area is 166 Å². The summed E-state index contributed by atoms with van der Waals surface area (Å²) >= 11 is 3.47. The topological polar surface area (TPSA) is 76.3 Å². The highest BCUT2D eigenvalue weighted by atomic mass is 79.9. The Hall–Kier alpha value is -2.03. The van der Waals surface area contributed by atoms with Crippen LogP contribution in [0.1, 0.15) is 19.3 Å². The second-order valence-corrected chi connectivity index (χ2v) is 9.18. The lowest BCUT2D eigenvalue weighted by Gasteiger charge is -2.25. The number of sulfonamides is 1. The van der Waals surface area contributed by atoms with Gasteiger partial charge in [0.15, 0.2) is 0 Å². The van der Waals surface area contributed by atoms with Crippen molar-refractivity contribution in [1.82, 2.24) is 14.4 Å². The maximum Gasteiger partial charge on any atom is 0.259 e. The van der Waals surface area contributed by atoms with Crippen molar-refractivity contribution in [3.05, 3.63) is 53.0 Å². The van der Waals surface area contributed by atoms with Gasteiger partial charge in [0.2, 0.25) is 15.8 Å². The second kappa shape index (κ2) is 7.53. The Balaban J connectivity index is 1.59. The molecule has 6 nitrogen and oxygen atoms in total. The predicted molar refractivity (Wildman–Crippen MR) is 105 cm³/mol. The Bertz CT molecular complexity index is 1040. The summed E-state index contributed by atoms with van der Waals surface area (Å²) in [6, 6.07) is 14.2. The first kappa shape index (κ1) is 18.3. The Morgan fingerprint density at radius 2 is 1.67 bits per heavy atom. The van der Waals surface area contributed by atoms with Crippen LogP contribution in [-0.2, 0) is 10.0 Å². The lowest BCUT2D eigenvalue weighted by molar-refractivity contribution is 0.346. The molecule has 0 saturated carbocycles. The van der Waals surface area contributed by atoms with Gasteiger partial charge in [0.25, 0.3) is 5.89 Å². The quantitative estimate of drug-likeness (QED) is 0.594. The van der Waals surface area contributed by atoms with Crippen molar-refractivity contribution in [3.63, 3.8) is 0 Å². The Morgan fingerprint density at radius 3 is 2.37 bits per heavy atom. The number of halogens is 1. The Kier molecular flexibility index (Phi) is 5.12. The van der Waals surface area contributed by atoms with E-state index in [-0.39, 0.29) is 0 Å². The highest BCUT2D eigenvalue weighted by molar-refractivity contribution is 9.10. The van der Waals surface area contributed by atoms with Gasteiger partial charge < -0.3 is 4.52 Å². The normalized spacial score (nSPS) is 15.7. The number of benzene rings is 2. The molecular formula is C19H18BrN3O3S. The van der Waals surface area contributed by atoms with Crippen molar-refractivity contribution in [3.8, 4) is 22.8 Å². The number of rotatable bonds is 4. The molecule has 0 N–H and O–H groups in total. The minimum atomic E-state index is -3.44. The van der Waals surface area contributed by atoms with E-state index in [0.717, 1.165) is 29.3 Å². The first-order valence-electron chi connectivity index (χ1n) is 8.75. The molecule has 8 heteroatoms. The van der Waals surface area contributed by atoms with Gasteiger partial charge in [0.05, 0.1) is 10.5 Å². The maximum absolute atomic E-state index is 12.7. The van der Waals surface area contributed by atoms with E-state index in [1.165, 1.54) is 0 Å². The monoisotopic (exact) mass is 447 g/mol. The average Bonchev–Trinajstić information content (AvgIpc) is 3.19. The summed E-state index contributed by atoms with van der Waals surface area (Å²) in [4.78, 5) is 4.72. The van der Waals surface area contributed by atoms with E-state index in [9.17, 15) is 8.42 Å². The van der Waals surface area contributed by atoms with Crippen LogP contribution >= 0.6 is 15.9 Å². The van der Waals surface area contributed by atoms with E-state index in [1.807, 2.05) is 24.3 Å². The minimum absolute atomic E-state index is 0.294. The zero-order valence-electron chi connectivity index (χ0n) is 14.5. The van der Waals surface area contributed by atoms with Gasteiger partial charge in [-0.2, -0.15) is 9.29 Å². The molecule has 0 atom stereocenters. The van der Waals surface area contributed by atoms with E-state index >= 15 is 0 Å². The van der Waals surface area contributed by atoms with E-state index < -0.39 is 10.0 Å². The molecule has 2 aromatic carbocycles. The van der Waals surface area contributed by atoms with Crippen molar-refractivity contribution >= 4 is 26.0 Å². The van der Waals surface area contributed by atoms with Crippen LogP contribution in [-0.4, -0.2) is 36.0 Å². The molecule has 1 fully saturated rings. The number of hydrogen-bond acceptors (Lipinski definition) is 5. The largest absolute Gasteiger partial charge is 0.334 e. The molecule has 1 saturated heterocycles. The van der Waals surface area contributed by atoms with Crippen LogP contribution in [0.2, 0.25) is 0 Å². The van der Waals surface area contributed by atoms with Crippen LogP contribution in [0.4, 0.5) is 0 Å². The zero-order chi connectivity index (χ0) is 18.9. The highest BCUT2D eigenvalue weighted by Gasteiger charge is 2.26. The molecule has 4 rings (SSSR count). The SMILES string of the molecule is O=S(=O)(c1ccc(-c2noc(-c3ccccc3Br)n2)cc1)N1CCCCC1. The molecule has 1 aromatic heterocycles. The van der Waals surface area contributed by atoms with Gasteiger partial charge >= 0.3 is 0 Å². The van der Waals surface area contributed by atoms with Crippen LogP contribution in [0.15, 0.2) is 62.4 Å². The first-order chi connectivity index (χ1) is 13.1. The van der Waals surface area contributed by atoms with Gasteiger partial charge in [0.1, 0.15) is 0 Å². The van der Waals surface area contributed by atoms with E-state index in [2.05, 4.69) is 26.1 Å². The maximum atomic E-state index is 12.7. The number of hydrogen-bond donors (Lipinski definition) is 0. The molecule has 140 valence electrons. The molecule has 0 aliphatic carbocycles. The van der Waals surface area contributed by atoms with Crippen LogP contribution in [0.3, 0.4) is 0 Å². The summed E-state index contributed by atoms with van der Waals surface area (Å²) in [6.45, 7) is 1.18. The predicted octanol–water partition coefficient (Wildman–Crippen LogP) is 4.34. The molecule has 27 heavy (non-hydrogen) atoms. The third kappa shape index (κ3) is 3.69. The molecule has 0 amide bonds. The third-order valence-corrected chi connectivity index (χ3v) is 7.20. The van der Waals surface area contributed by atoms with Gasteiger partial charge in [-0.15, -0.1) is 0 Å². The van der Waals surface area contributed by atoms with E-state index in [0.29, 0.717) is 35.3 Å². The van der Waals surface area contributed by atoms with Crippen molar-refractivity contribution < 1.29 is 12.9 Å². The summed E-state index contributed by atoms with van der Waals surface area (Å²) in [7, 11) is -3.44. The van der Waals surface area contributed by atoms with Gasteiger partial charge in [-0.3, -0.25) is 0 Å². The fourth-order valence-electron chi connectivity index (χ4n) is 3.12. The van der Waals surface area contributed by atoms with Crippen molar-refractivity contribution in [2.24, 2.45) is 0 Å². The van der Waals surface area contributed by atoms with E-state index in [1.54, 1.807) is 28.6 Å². The molecule has 0 bridgehead atoms. The summed E-state index contributed by atoms with van der Waals surface area (Å²) in [5.74, 6) is 0.824. The van der Waals surface area contributed by atoms with Gasteiger partial charge in [-0.05, 0) is 65.2 Å². The molecule has 1 aliphatic rings. The number of piperidine rings is 1. The lowest BCUT2D eigenvalue weighted by atomic mass is 10.2. The van der Waals surface area contributed by atoms with E-state index in [4.69, 9.17) is 4.52 Å². The fraction of sp³-hybridized carbons (Fsp3) is 0.263. The van der Waals surface area contributed by atoms with Crippen LogP contribution in [0.25, 0.3) is 22.8 Å². The number of aromatic nitrogens is 2. The van der Waals surface area contributed by atoms with Crippen molar-refractivity contribution in [1.29, 1.82) is 0 Å². The molecule has 0 radical (unpaired) electrons. The average molecular weight is 448 g/mol. The standard InChI is InChI=1S/C19H18BrN3O3S/c20-17-7-3-2-6-16(17)19-21-18(22-26-19)14-8-10-15(11-9-14)27(24,25)23-12-4-1-5-13-23/h2-3,6-11H,1,4-5,12-13H2. The Morgan fingerprint density at radius 1 is 0.963 bits per heavy atom. The smallest absolute Gasteiger partial charge is 0.259 e. The molecule has 1 aliphatic heterocycles. The fourth-order valence-corrected chi connectivity index (χ4v) is 5.09. The summed E-state index contributed by atoms with van der Waals surface area (Å²) < 4.78 is 33.3. The van der Waals surface area contributed by atoms with Crippen molar-refractivity contribution in [2.75, 3.05) is 13.1 Å². The van der Waals surface area contributed by atoms with Gasteiger partial charge in [-0.25, -0.2) is 8.42 Å². The summed E-state index contributed by atoms with van der Waals surface area (Å²) in [6.07, 6.45) is 2.92.